The highest BCUT2D eigenvalue weighted by Gasteiger charge is 2.12. The van der Waals surface area contributed by atoms with Gasteiger partial charge in [-0.15, -0.1) is 0 Å². The molecule has 0 unspecified atom stereocenters. The number of ether oxygens (including phenoxy) is 2. The van der Waals surface area contributed by atoms with Gasteiger partial charge in [0, 0.05) is 6.54 Å². The maximum Gasteiger partial charge on any atom is 0.340 e. The van der Waals surface area contributed by atoms with E-state index in [0.717, 1.165) is 13.0 Å². The van der Waals surface area contributed by atoms with E-state index in [1.54, 1.807) is 23.1 Å². The molecule has 2 rings (SSSR count). The summed E-state index contributed by atoms with van der Waals surface area (Å²) in [5.41, 5.74) is 0.542. The molecule has 0 saturated carbocycles. The lowest BCUT2D eigenvalue weighted by atomic mass is 10.1. The fourth-order valence-corrected chi connectivity index (χ4v) is 1.86. The molecule has 0 aliphatic heterocycles. The summed E-state index contributed by atoms with van der Waals surface area (Å²) < 4.78 is 25.6. The van der Waals surface area contributed by atoms with Crippen molar-refractivity contribution in [1.82, 2.24) is 9.78 Å². The summed E-state index contributed by atoms with van der Waals surface area (Å²) in [4.78, 5) is 11.3. The van der Waals surface area contributed by atoms with E-state index in [1.165, 1.54) is 19.2 Å². The molecule has 0 bridgehead atoms. The summed E-state index contributed by atoms with van der Waals surface area (Å²) in [6.45, 7) is 3.09. The van der Waals surface area contributed by atoms with E-state index in [-0.39, 0.29) is 12.2 Å². The molecule has 1 aromatic heterocycles. The summed E-state index contributed by atoms with van der Waals surface area (Å²) >= 11 is 0. The van der Waals surface area contributed by atoms with Gasteiger partial charge < -0.3 is 9.47 Å². The second kappa shape index (κ2) is 6.88. The molecule has 0 atom stereocenters. The van der Waals surface area contributed by atoms with Gasteiger partial charge in [0.2, 0.25) is 0 Å². The molecule has 21 heavy (non-hydrogen) atoms. The van der Waals surface area contributed by atoms with Crippen LogP contribution in [0.5, 0.6) is 5.75 Å². The number of benzene rings is 1. The lowest BCUT2D eigenvalue weighted by Crippen LogP contribution is -2.05. The summed E-state index contributed by atoms with van der Waals surface area (Å²) in [6.07, 6.45) is 4.40. The van der Waals surface area contributed by atoms with Crippen molar-refractivity contribution >= 4 is 5.97 Å². The summed E-state index contributed by atoms with van der Waals surface area (Å²) in [7, 11) is 1.22. The Bertz CT molecular complexity index is 625. The molecule has 112 valence electrons. The maximum atomic E-state index is 13.7. The largest absolute Gasteiger partial charge is 0.486 e. The lowest BCUT2D eigenvalue weighted by molar-refractivity contribution is 0.0595. The Morgan fingerprint density at radius 1 is 1.43 bits per heavy atom. The van der Waals surface area contributed by atoms with E-state index in [1.807, 2.05) is 0 Å². The van der Waals surface area contributed by atoms with Gasteiger partial charge in [0.1, 0.15) is 12.4 Å². The number of rotatable bonds is 6. The Morgan fingerprint density at radius 2 is 2.24 bits per heavy atom. The Balaban J connectivity index is 1.99. The van der Waals surface area contributed by atoms with Crippen LogP contribution in [-0.4, -0.2) is 22.9 Å². The predicted octanol–water partition coefficient (Wildman–Crippen LogP) is 2.80. The molecule has 0 aliphatic rings. The Morgan fingerprint density at radius 3 is 2.90 bits per heavy atom. The Hall–Kier alpha value is -2.37. The fraction of sp³-hybridized carbons (Fsp3) is 0.333. The molecule has 6 heteroatoms. The van der Waals surface area contributed by atoms with Gasteiger partial charge in [-0.2, -0.15) is 5.10 Å². The lowest BCUT2D eigenvalue weighted by Gasteiger charge is -2.06. The normalized spacial score (nSPS) is 10.4. The highest BCUT2D eigenvalue weighted by atomic mass is 19.1. The van der Waals surface area contributed by atoms with Crippen molar-refractivity contribution in [3.05, 3.63) is 47.5 Å². The molecule has 1 heterocycles. The van der Waals surface area contributed by atoms with Gasteiger partial charge in [0.15, 0.2) is 5.75 Å². The van der Waals surface area contributed by atoms with Crippen LogP contribution >= 0.6 is 0 Å². The molecule has 0 aliphatic carbocycles. The number of esters is 1. The zero-order valence-corrected chi connectivity index (χ0v) is 12.0. The van der Waals surface area contributed by atoms with Crippen LogP contribution in [0.15, 0.2) is 30.6 Å². The zero-order valence-electron chi connectivity index (χ0n) is 12.0. The molecule has 0 amide bonds. The highest BCUT2D eigenvalue weighted by molar-refractivity contribution is 5.89. The van der Waals surface area contributed by atoms with Crippen molar-refractivity contribution in [1.29, 1.82) is 0 Å². The molecule has 0 spiro atoms. The second-order valence-electron chi connectivity index (χ2n) is 4.53. The monoisotopic (exact) mass is 292 g/mol. The van der Waals surface area contributed by atoms with Crippen LogP contribution in [0.4, 0.5) is 4.39 Å². The third-order valence-electron chi connectivity index (χ3n) is 2.91. The number of halogens is 1. The minimum absolute atomic E-state index is 0.0861. The molecule has 5 nitrogen and oxygen atoms in total. The molecule has 2 aromatic rings. The number of hydrogen-bond acceptors (Lipinski definition) is 4. The standard InChI is InChI=1S/C15H17FN2O3/c1-3-6-18-9-12(8-17-18)21-10-11-4-5-13(14(16)7-11)15(19)20-2/h4-5,7-9H,3,6,10H2,1-2H3. The molecule has 0 N–H and O–H groups in total. The van der Waals surface area contributed by atoms with Crippen molar-refractivity contribution < 1.29 is 18.7 Å². The second-order valence-corrected chi connectivity index (χ2v) is 4.53. The molecule has 0 radical (unpaired) electrons. The number of nitrogens with zero attached hydrogens (tertiary/aromatic N) is 2. The topological polar surface area (TPSA) is 53.4 Å². The quantitative estimate of drug-likeness (QED) is 0.768. The van der Waals surface area contributed by atoms with Gasteiger partial charge >= 0.3 is 5.97 Å². The minimum Gasteiger partial charge on any atom is -0.486 e. The molecule has 0 fully saturated rings. The molecular formula is C15H17FN2O3. The number of aryl methyl sites for hydroxylation is 1. The van der Waals surface area contributed by atoms with Crippen molar-refractivity contribution in [2.45, 2.75) is 26.5 Å². The number of hydrogen-bond donors (Lipinski definition) is 0. The first-order valence-electron chi connectivity index (χ1n) is 6.66. The number of methoxy groups -OCH3 is 1. The highest BCUT2D eigenvalue weighted by Crippen LogP contribution is 2.15. The number of aromatic nitrogens is 2. The van der Waals surface area contributed by atoms with Crippen LogP contribution in [0.25, 0.3) is 0 Å². The maximum absolute atomic E-state index is 13.7. The first kappa shape index (κ1) is 15.0. The van der Waals surface area contributed by atoms with Gasteiger partial charge in [0.05, 0.1) is 25.1 Å². The average Bonchev–Trinajstić information content (AvgIpc) is 2.92. The Labute approximate surface area is 122 Å². The van der Waals surface area contributed by atoms with Crippen LogP contribution in [-0.2, 0) is 17.9 Å². The van der Waals surface area contributed by atoms with Crippen LogP contribution in [0.2, 0.25) is 0 Å². The summed E-state index contributed by atoms with van der Waals surface area (Å²) in [6, 6.07) is 4.29. The third-order valence-corrected chi connectivity index (χ3v) is 2.91. The van der Waals surface area contributed by atoms with Gasteiger partial charge in [-0.1, -0.05) is 13.0 Å². The van der Waals surface area contributed by atoms with E-state index in [2.05, 4.69) is 16.8 Å². The molecule has 1 aromatic carbocycles. The van der Waals surface area contributed by atoms with Gasteiger partial charge in [0.25, 0.3) is 0 Å². The first-order valence-corrected chi connectivity index (χ1v) is 6.66. The zero-order chi connectivity index (χ0) is 15.2. The summed E-state index contributed by atoms with van der Waals surface area (Å²) in [5.74, 6) is -0.689. The smallest absolute Gasteiger partial charge is 0.340 e. The van der Waals surface area contributed by atoms with Gasteiger partial charge in [-0.3, -0.25) is 4.68 Å². The predicted molar refractivity (Wildman–Crippen MR) is 74.6 cm³/mol. The van der Waals surface area contributed by atoms with Crippen molar-refractivity contribution in [2.75, 3.05) is 7.11 Å². The molecule has 0 saturated heterocycles. The molecular weight excluding hydrogens is 275 g/mol. The first-order chi connectivity index (χ1) is 10.1. The van der Waals surface area contributed by atoms with E-state index in [4.69, 9.17) is 4.74 Å². The third kappa shape index (κ3) is 3.81. The minimum atomic E-state index is -0.694. The van der Waals surface area contributed by atoms with Crippen LogP contribution in [0.3, 0.4) is 0 Å². The van der Waals surface area contributed by atoms with Crippen molar-refractivity contribution in [3.63, 3.8) is 0 Å². The van der Waals surface area contributed by atoms with Crippen molar-refractivity contribution in [3.8, 4) is 5.75 Å². The fourth-order valence-electron chi connectivity index (χ4n) is 1.86. The average molecular weight is 292 g/mol. The van der Waals surface area contributed by atoms with Crippen molar-refractivity contribution in [2.24, 2.45) is 0 Å². The van der Waals surface area contributed by atoms with Gasteiger partial charge in [-0.05, 0) is 24.1 Å². The van der Waals surface area contributed by atoms with E-state index in [9.17, 15) is 9.18 Å². The van der Waals surface area contributed by atoms with Crippen LogP contribution < -0.4 is 4.74 Å². The van der Waals surface area contributed by atoms with E-state index >= 15 is 0 Å². The Kier molecular flexibility index (Phi) is 4.92. The number of carbonyl (C=O) groups excluding carboxylic acids is 1. The van der Waals surface area contributed by atoms with Gasteiger partial charge in [-0.25, -0.2) is 9.18 Å². The van der Waals surface area contributed by atoms with Crippen LogP contribution in [0.1, 0.15) is 29.3 Å². The SMILES string of the molecule is CCCn1cc(OCc2ccc(C(=O)OC)c(F)c2)cn1. The van der Waals surface area contributed by atoms with E-state index < -0.39 is 11.8 Å². The van der Waals surface area contributed by atoms with Crippen LogP contribution in [0, 0.1) is 5.82 Å². The summed E-state index contributed by atoms with van der Waals surface area (Å²) in [5, 5.41) is 4.14. The number of carbonyl (C=O) groups is 1. The van der Waals surface area contributed by atoms with E-state index in [0.29, 0.717) is 11.3 Å².